The number of anilines is 1. The molecule has 0 aliphatic rings. The third-order valence-corrected chi connectivity index (χ3v) is 2.62. The van der Waals surface area contributed by atoms with Crippen LogP contribution in [0.3, 0.4) is 0 Å². The summed E-state index contributed by atoms with van der Waals surface area (Å²) in [5, 5.41) is 31.4. The van der Waals surface area contributed by atoms with Crippen LogP contribution in [0.2, 0.25) is 0 Å². The normalized spacial score (nSPS) is 11.9. The lowest BCUT2D eigenvalue weighted by Gasteiger charge is -2.16. The van der Waals surface area contributed by atoms with Crippen molar-refractivity contribution in [1.29, 1.82) is 0 Å². The third-order valence-electron chi connectivity index (χ3n) is 2.62. The van der Waals surface area contributed by atoms with E-state index in [0.717, 1.165) is 12.3 Å². The molecule has 0 amide bonds. The summed E-state index contributed by atoms with van der Waals surface area (Å²) in [7, 11) is 0. The van der Waals surface area contributed by atoms with Gasteiger partial charge in [-0.05, 0) is 12.8 Å². The molecule has 104 valence electrons. The van der Waals surface area contributed by atoms with E-state index < -0.39 is 16.6 Å². The fourth-order valence-electron chi connectivity index (χ4n) is 1.55. The zero-order valence-corrected chi connectivity index (χ0v) is 10.4. The molecule has 8 heteroatoms. The molecule has 19 heavy (non-hydrogen) atoms. The second-order valence-electron chi connectivity index (χ2n) is 3.92. The van der Waals surface area contributed by atoms with Gasteiger partial charge in [-0.2, -0.15) is 0 Å². The van der Waals surface area contributed by atoms with E-state index in [1.807, 2.05) is 6.92 Å². The van der Waals surface area contributed by atoms with Crippen LogP contribution in [0.5, 0.6) is 0 Å². The Hall–Kier alpha value is -2.22. The highest BCUT2D eigenvalue weighted by Crippen LogP contribution is 2.24. The van der Waals surface area contributed by atoms with Crippen molar-refractivity contribution >= 4 is 17.5 Å². The molecule has 1 atom stereocenters. The first-order valence-electron chi connectivity index (χ1n) is 5.74. The van der Waals surface area contributed by atoms with Gasteiger partial charge in [0, 0.05) is 24.9 Å². The molecule has 8 nitrogen and oxygen atoms in total. The lowest BCUT2D eigenvalue weighted by atomic mass is 10.1. The molecule has 1 heterocycles. The molecule has 1 aromatic heterocycles. The number of pyridine rings is 1. The lowest BCUT2D eigenvalue weighted by molar-refractivity contribution is -0.384. The monoisotopic (exact) mass is 269 g/mol. The highest BCUT2D eigenvalue weighted by atomic mass is 16.6. The number of aromatic carboxylic acids is 1. The molecule has 1 aromatic rings. The summed E-state index contributed by atoms with van der Waals surface area (Å²) in [6.07, 6.45) is 2.14. The summed E-state index contributed by atoms with van der Waals surface area (Å²) in [5.41, 5.74) is -0.635. The Bertz CT molecular complexity index is 477. The van der Waals surface area contributed by atoms with Crippen LogP contribution in [0.4, 0.5) is 11.5 Å². The van der Waals surface area contributed by atoms with Crippen molar-refractivity contribution in [2.24, 2.45) is 0 Å². The highest BCUT2D eigenvalue weighted by molar-refractivity contribution is 5.88. The number of aliphatic hydroxyl groups excluding tert-OH is 1. The summed E-state index contributed by atoms with van der Waals surface area (Å²) in [6.45, 7) is 1.82. The number of carboxylic acids is 1. The van der Waals surface area contributed by atoms with Crippen LogP contribution >= 0.6 is 0 Å². The zero-order chi connectivity index (χ0) is 14.4. The largest absolute Gasteiger partial charge is 0.478 e. The van der Waals surface area contributed by atoms with E-state index in [2.05, 4.69) is 10.3 Å². The average molecular weight is 269 g/mol. The topological polar surface area (TPSA) is 126 Å². The molecule has 3 N–H and O–H groups in total. The van der Waals surface area contributed by atoms with Gasteiger partial charge in [0.1, 0.15) is 0 Å². The van der Waals surface area contributed by atoms with Crippen LogP contribution in [0.15, 0.2) is 12.3 Å². The van der Waals surface area contributed by atoms with Crippen molar-refractivity contribution in [3.05, 3.63) is 27.9 Å². The van der Waals surface area contributed by atoms with Gasteiger partial charge in [-0.3, -0.25) is 10.1 Å². The van der Waals surface area contributed by atoms with E-state index >= 15 is 0 Å². The lowest BCUT2D eigenvalue weighted by Crippen LogP contribution is -2.21. The van der Waals surface area contributed by atoms with Crippen LogP contribution in [-0.2, 0) is 0 Å². The minimum absolute atomic E-state index is 0.00954. The Balaban J connectivity index is 3.06. The first kappa shape index (κ1) is 14.8. The van der Waals surface area contributed by atoms with Crippen molar-refractivity contribution in [2.75, 3.05) is 11.9 Å². The minimum Gasteiger partial charge on any atom is -0.478 e. The van der Waals surface area contributed by atoms with E-state index in [1.54, 1.807) is 0 Å². The van der Waals surface area contributed by atoms with Crippen molar-refractivity contribution in [1.82, 2.24) is 4.98 Å². The molecule has 0 radical (unpaired) electrons. The number of nitro groups is 1. The molecule has 0 saturated carbocycles. The van der Waals surface area contributed by atoms with Crippen molar-refractivity contribution in [3.8, 4) is 0 Å². The summed E-state index contributed by atoms with van der Waals surface area (Å²) in [4.78, 5) is 24.7. The first-order valence-corrected chi connectivity index (χ1v) is 5.74. The van der Waals surface area contributed by atoms with Crippen LogP contribution in [-0.4, -0.2) is 38.7 Å². The molecule has 0 aliphatic heterocycles. The Morgan fingerprint density at radius 2 is 2.32 bits per heavy atom. The van der Waals surface area contributed by atoms with E-state index in [-0.39, 0.29) is 24.0 Å². The maximum atomic E-state index is 10.9. The van der Waals surface area contributed by atoms with E-state index in [4.69, 9.17) is 10.2 Å². The fraction of sp³-hybridized carbons (Fsp3) is 0.455. The number of aliphatic hydroxyl groups is 1. The van der Waals surface area contributed by atoms with Crippen LogP contribution in [0, 0.1) is 10.1 Å². The van der Waals surface area contributed by atoms with Gasteiger partial charge in [-0.15, -0.1) is 0 Å². The van der Waals surface area contributed by atoms with Gasteiger partial charge < -0.3 is 15.5 Å². The maximum absolute atomic E-state index is 10.9. The standard InChI is InChI=1S/C11H15N3O5/c1-2-8(3-4-15)13-10-9(14(18)19)5-7(6-12-10)11(16)17/h5-6,8,15H,2-4H2,1H3,(H,12,13)(H,16,17). The molecule has 0 saturated heterocycles. The molecule has 0 bridgehead atoms. The first-order chi connectivity index (χ1) is 8.99. The molecule has 1 rings (SSSR count). The second-order valence-corrected chi connectivity index (χ2v) is 3.92. The molecule has 0 fully saturated rings. The number of rotatable bonds is 7. The van der Waals surface area contributed by atoms with Gasteiger partial charge in [0.2, 0.25) is 5.82 Å². The predicted octanol–water partition coefficient (Wildman–Crippen LogP) is 1.26. The van der Waals surface area contributed by atoms with Gasteiger partial charge >= 0.3 is 11.7 Å². The third kappa shape index (κ3) is 3.88. The van der Waals surface area contributed by atoms with E-state index in [1.165, 1.54) is 0 Å². The van der Waals surface area contributed by atoms with Crippen LogP contribution in [0.1, 0.15) is 30.1 Å². The van der Waals surface area contributed by atoms with Crippen LogP contribution in [0.25, 0.3) is 0 Å². The molecule has 0 aromatic carbocycles. The second kappa shape index (κ2) is 6.64. The van der Waals surface area contributed by atoms with Gasteiger partial charge in [-0.1, -0.05) is 6.92 Å². The number of carboxylic acid groups (broad SMARTS) is 1. The smallest absolute Gasteiger partial charge is 0.337 e. The van der Waals surface area contributed by atoms with Crippen molar-refractivity contribution < 1.29 is 19.9 Å². The zero-order valence-electron chi connectivity index (χ0n) is 10.4. The number of hydrogen-bond donors (Lipinski definition) is 3. The van der Waals surface area contributed by atoms with Gasteiger partial charge in [0.15, 0.2) is 0 Å². The number of hydrogen-bond acceptors (Lipinski definition) is 6. The van der Waals surface area contributed by atoms with Crippen LogP contribution < -0.4 is 5.32 Å². The Morgan fingerprint density at radius 3 is 2.79 bits per heavy atom. The van der Waals surface area contributed by atoms with Gasteiger partial charge in [0.25, 0.3) is 0 Å². The average Bonchev–Trinajstić information content (AvgIpc) is 2.37. The number of aromatic nitrogens is 1. The maximum Gasteiger partial charge on any atom is 0.337 e. The van der Waals surface area contributed by atoms with Crippen molar-refractivity contribution in [2.45, 2.75) is 25.8 Å². The number of nitrogens with one attached hydrogen (secondary N) is 1. The summed E-state index contributed by atoms with van der Waals surface area (Å²) < 4.78 is 0. The van der Waals surface area contributed by atoms with Crippen molar-refractivity contribution in [3.63, 3.8) is 0 Å². The Morgan fingerprint density at radius 1 is 1.63 bits per heavy atom. The van der Waals surface area contributed by atoms with E-state index in [9.17, 15) is 14.9 Å². The summed E-state index contributed by atoms with van der Waals surface area (Å²) >= 11 is 0. The summed E-state index contributed by atoms with van der Waals surface area (Å²) in [6, 6.07) is 0.801. The fourth-order valence-corrected chi connectivity index (χ4v) is 1.55. The number of carbonyl (C=O) groups is 1. The molecule has 0 aliphatic carbocycles. The highest BCUT2D eigenvalue weighted by Gasteiger charge is 2.20. The van der Waals surface area contributed by atoms with Gasteiger partial charge in [-0.25, -0.2) is 9.78 Å². The summed E-state index contributed by atoms with van der Waals surface area (Å²) in [5.74, 6) is -1.26. The quantitative estimate of drug-likeness (QED) is 0.502. The molecular weight excluding hydrogens is 254 g/mol. The Kier molecular flexibility index (Phi) is 5.19. The molecule has 1 unspecified atom stereocenters. The number of nitrogens with zero attached hydrogens (tertiary/aromatic N) is 2. The van der Waals surface area contributed by atoms with Gasteiger partial charge in [0.05, 0.1) is 10.5 Å². The predicted molar refractivity (Wildman–Crippen MR) is 67.3 cm³/mol. The van der Waals surface area contributed by atoms with E-state index in [0.29, 0.717) is 12.8 Å². The molecular formula is C11H15N3O5. The Labute approximate surface area is 109 Å². The SMILES string of the molecule is CCC(CCO)Nc1ncc(C(=O)O)cc1[N+](=O)[O-]. The minimum atomic E-state index is -1.27. The molecule has 0 spiro atoms.